The lowest BCUT2D eigenvalue weighted by molar-refractivity contribution is 0.00825. The van der Waals surface area contributed by atoms with E-state index in [1.54, 1.807) is 13.2 Å². The highest BCUT2D eigenvalue weighted by Crippen LogP contribution is 2.16. The van der Waals surface area contributed by atoms with Crippen molar-refractivity contribution in [3.05, 3.63) is 23.8 Å². The van der Waals surface area contributed by atoms with Crippen LogP contribution >= 0.6 is 0 Å². The maximum atomic E-state index is 5.78. The van der Waals surface area contributed by atoms with Crippen molar-refractivity contribution in [2.45, 2.75) is 26.2 Å². The molecule has 3 rings (SSSR count). The molecule has 0 amide bonds. The molecule has 1 N–H and O–H groups in total. The third-order valence-electron chi connectivity index (χ3n) is 3.23. The number of hydrogen-bond donors (Lipinski definition) is 1. The summed E-state index contributed by atoms with van der Waals surface area (Å²) in [5, 5.41) is 11.4. The number of anilines is 1. The standard InChI is InChI=1S/C12H16N6O2/c1-8-10-6-20-9(5-18(10)17-16-8)4-13-11-3-12(19-2)15-7-14-11/h3,7,9H,4-6H2,1-2H3,(H,13,14,15). The van der Waals surface area contributed by atoms with E-state index in [1.165, 1.54) is 6.33 Å². The predicted octanol–water partition coefficient (Wildman–Crippen LogP) is 0.396. The molecular weight excluding hydrogens is 260 g/mol. The van der Waals surface area contributed by atoms with E-state index in [1.807, 2.05) is 11.6 Å². The van der Waals surface area contributed by atoms with Gasteiger partial charge >= 0.3 is 0 Å². The van der Waals surface area contributed by atoms with Crippen LogP contribution in [0.15, 0.2) is 12.4 Å². The fraction of sp³-hybridized carbons (Fsp3) is 0.500. The van der Waals surface area contributed by atoms with E-state index in [9.17, 15) is 0 Å². The lowest BCUT2D eigenvalue weighted by Crippen LogP contribution is -2.33. The van der Waals surface area contributed by atoms with Gasteiger partial charge in [-0.15, -0.1) is 5.10 Å². The molecule has 1 atom stereocenters. The Morgan fingerprint density at radius 3 is 3.25 bits per heavy atom. The van der Waals surface area contributed by atoms with E-state index in [2.05, 4.69) is 25.6 Å². The van der Waals surface area contributed by atoms with E-state index in [4.69, 9.17) is 9.47 Å². The Hall–Kier alpha value is -2.22. The van der Waals surface area contributed by atoms with Crippen molar-refractivity contribution in [1.29, 1.82) is 0 Å². The first kappa shape index (κ1) is 12.8. The minimum absolute atomic E-state index is 0.0320. The van der Waals surface area contributed by atoms with Crippen molar-refractivity contribution in [2.24, 2.45) is 0 Å². The number of methoxy groups -OCH3 is 1. The highest BCUT2D eigenvalue weighted by Gasteiger charge is 2.22. The fourth-order valence-electron chi connectivity index (χ4n) is 2.08. The third-order valence-corrected chi connectivity index (χ3v) is 3.23. The van der Waals surface area contributed by atoms with Gasteiger partial charge in [-0.2, -0.15) is 0 Å². The first-order valence-electron chi connectivity index (χ1n) is 6.36. The van der Waals surface area contributed by atoms with E-state index in [0.29, 0.717) is 31.4 Å². The molecule has 3 heterocycles. The Labute approximate surface area is 116 Å². The minimum atomic E-state index is 0.0320. The maximum Gasteiger partial charge on any atom is 0.218 e. The summed E-state index contributed by atoms with van der Waals surface area (Å²) in [6.45, 7) is 3.80. The van der Waals surface area contributed by atoms with Gasteiger partial charge in [0.05, 0.1) is 37.8 Å². The molecule has 8 nitrogen and oxygen atoms in total. The summed E-state index contributed by atoms with van der Waals surface area (Å²) in [5.74, 6) is 1.24. The Kier molecular flexibility index (Phi) is 3.46. The van der Waals surface area contributed by atoms with Crippen molar-refractivity contribution in [1.82, 2.24) is 25.0 Å². The summed E-state index contributed by atoms with van der Waals surface area (Å²) in [5.41, 5.74) is 1.97. The Balaban J connectivity index is 1.59. The largest absolute Gasteiger partial charge is 0.481 e. The van der Waals surface area contributed by atoms with Gasteiger partial charge in [-0.25, -0.2) is 14.6 Å². The molecule has 0 bridgehead atoms. The highest BCUT2D eigenvalue weighted by atomic mass is 16.5. The summed E-state index contributed by atoms with van der Waals surface area (Å²) in [4.78, 5) is 8.09. The summed E-state index contributed by atoms with van der Waals surface area (Å²) >= 11 is 0. The van der Waals surface area contributed by atoms with Crippen LogP contribution in [-0.4, -0.2) is 44.7 Å². The van der Waals surface area contributed by atoms with Crippen LogP contribution in [-0.2, 0) is 17.9 Å². The molecular formula is C12H16N6O2. The maximum absolute atomic E-state index is 5.78. The van der Waals surface area contributed by atoms with Crippen LogP contribution in [0.25, 0.3) is 0 Å². The van der Waals surface area contributed by atoms with Crippen LogP contribution in [0.1, 0.15) is 11.4 Å². The molecule has 1 aliphatic rings. The molecule has 8 heteroatoms. The molecule has 0 aliphatic carbocycles. The first-order chi connectivity index (χ1) is 9.76. The Morgan fingerprint density at radius 1 is 1.50 bits per heavy atom. The van der Waals surface area contributed by atoms with Gasteiger partial charge in [-0.1, -0.05) is 5.21 Å². The molecule has 0 saturated heterocycles. The van der Waals surface area contributed by atoms with Crippen molar-refractivity contribution in [2.75, 3.05) is 19.0 Å². The zero-order valence-corrected chi connectivity index (χ0v) is 11.4. The third kappa shape index (κ3) is 2.55. The van der Waals surface area contributed by atoms with Gasteiger partial charge in [0.2, 0.25) is 5.88 Å². The zero-order chi connectivity index (χ0) is 13.9. The summed E-state index contributed by atoms with van der Waals surface area (Å²) in [7, 11) is 1.57. The molecule has 0 radical (unpaired) electrons. The summed E-state index contributed by atoms with van der Waals surface area (Å²) < 4.78 is 12.7. The number of hydrogen-bond acceptors (Lipinski definition) is 7. The number of nitrogens with one attached hydrogen (secondary N) is 1. The number of nitrogens with zero attached hydrogens (tertiary/aromatic N) is 5. The smallest absolute Gasteiger partial charge is 0.218 e. The second-order valence-electron chi connectivity index (χ2n) is 4.56. The van der Waals surface area contributed by atoms with E-state index < -0.39 is 0 Å². The molecule has 0 saturated carbocycles. The lowest BCUT2D eigenvalue weighted by Gasteiger charge is -2.24. The predicted molar refractivity (Wildman–Crippen MR) is 70.4 cm³/mol. The number of aromatic nitrogens is 5. The zero-order valence-electron chi connectivity index (χ0n) is 11.4. The molecule has 2 aromatic rings. The number of ether oxygens (including phenoxy) is 2. The molecule has 1 unspecified atom stereocenters. The molecule has 2 aromatic heterocycles. The van der Waals surface area contributed by atoms with Crippen LogP contribution in [0, 0.1) is 6.92 Å². The highest BCUT2D eigenvalue weighted by molar-refractivity contribution is 5.37. The molecule has 0 fully saturated rings. The lowest BCUT2D eigenvalue weighted by atomic mass is 10.2. The van der Waals surface area contributed by atoms with E-state index in [-0.39, 0.29) is 6.10 Å². The molecule has 0 spiro atoms. The van der Waals surface area contributed by atoms with Gasteiger partial charge < -0.3 is 14.8 Å². The fourth-order valence-corrected chi connectivity index (χ4v) is 2.08. The monoisotopic (exact) mass is 276 g/mol. The minimum Gasteiger partial charge on any atom is -0.481 e. The van der Waals surface area contributed by atoms with Crippen molar-refractivity contribution in [3.8, 4) is 5.88 Å². The second kappa shape index (κ2) is 5.41. The first-order valence-corrected chi connectivity index (χ1v) is 6.36. The van der Waals surface area contributed by atoms with Crippen molar-refractivity contribution < 1.29 is 9.47 Å². The number of fused-ring (bicyclic) bond motifs is 1. The van der Waals surface area contributed by atoms with E-state index in [0.717, 1.165) is 11.4 Å². The average Bonchev–Trinajstić information content (AvgIpc) is 2.86. The van der Waals surface area contributed by atoms with Crippen LogP contribution in [0.2, 0.25) is 0 Å². The summed E-state index contributed by atoms with van der Waals surface area (Å²) in [6.07, 6.45) is 1.49. The van der Waals surface area contributed by atoms with Gasteiger partial charge in [-0.05, 0) is 6.92 Å². The number of aryl methyl sites for hydroxylation is 1. The summed E-state index contributed by atoms with van der Waals surface area (Å²) in [6, 6.07) is 1.74. The Morgan fingerprint density at radius 2 is 2.40 bits per heavy atom. The van der Waals surface area contributed by atoms with Crippen molar-refractivity contribution in [3.63, 3.8) is 0 Å². The van der Waals surface area contributed by atoms with Crippen LogP contribution in [0.5, 0.6) is 5.88 Å². The second-order valence-corrected chi connectivity index (χ2v) is 4.56. The van der Waals surface area contributed by atoms with E-state index >= 15 is 0 Å². The normalized spacial score (nSPS) is 17.6. The molecule has 106 valence electrons. The Bertz CT molecular complexity index is 599. The van der Waals surface area contributed by atoms with Gasteiger partial charge in [0, 0.05) is 12.6 Å². The molecule has 20 heavy (non-hydrogen) atoms. The quantitative estimate of drug-likeness (QED) is 0.864. The van der Waals surface area contributed by atoms with Crippen LogP contribution in [0.4, 0.5) is 5.82 Å². The SMILES string of the molecule is COc1cc(NCC2Cn3nnc(C)c3CO2)ncn1. The van der Waals surface area contributed by atoms with Crippen molar-refractivity contribution >= 4 is 5.82 Å². The van der Waals surface area contributed by atoms with Crippen LogP contribution in [0.3, 0.4) is 0 Å². The van der Waals surface area contributed by atoms with Gasteiger partial charge in [0.1, 0.15) is 12.1 Å². The molecule has 0 aromatic carbocycles. The topological polar surface area (TPSA) is 87.0 Å². The van der Waals surface area contributed by atoms with Gasteiger partial charge in [-0.3, -0.25) is 0 Å². The number of rotatable bonds is 4. The van der Waals surface area contributed by atoms with Gasteiger partial charge in [0.25, 0.3) is 0 Å². The van der Waals surface area contributed by atoms with Gasteiger partial charge in [0.15, 0.2) is 0 Å². The average molecular weight is 276 g/mol. The van der Waals surface area contributed by atoms with Crippen LogP contribution < -0.4 is 10.1 Å². The molecule has 1 aliphatic heterocycles.